The van der Waals surface area contributed by atoms with Gasteiger partial charge in [-0.3, -0.25) is 9.59 Å². The van der Waals surface area contributed by atoms with Gasteiger partial charge in [-0.2, -0.15) is 0 Å². The van der Waals surface area contributed by atoms with Crippen molar-refractivity contribution in [3.63, 3.8) is 0 Å². The molecule has 0 heterocycles. The van der Waals surface area contributed by atoms with E-state index in [0.29, 0.717) is 12.2 Å². The first kappa shape index (κ1) is 21.4. The lowest BCUT2D eigenvalue weighted by Gasteiger charge is -2.20. The molecule has 2 aromatic carbocycles. The van der Waals surface area contributed by atoms with Crippen LogP contribution in [0, 0.1) is 5.82 Å². The van der Waals surface area contributed by atoms with Crippen molar-refractivity contribution < 1.29 is 23.5 Å². The zero-order valence-electron chi connectivity index (χ0n) is 16.4. The van der Waals surface area contributed by atoms with E-state index in [-0.39, 0.29) is 36.6 Å². The fraction of sp³-hybridized carbons (Fsp3) is 0.364. The topological polar surface area (TPSA) is 64.6 Å². The Morgan fingerprint density at radius 3 is 2.25 bits per heavy atom. The number of aryl methyl sites for hydroxylation is 1. The molecule has 0 saturated heterocycles. The Balaban J connectivity index is 2.03. The first-order chi connectivity index (χ1) is 13.4. The van der Waals surface area contributed by atoms with Gasteiger partial charge in [-0.1, -0.05) is 24.3 Å². The van der Waals surface area contributed by atoms with Crippen LogP contribution in [0.15, 0.2) is 48.5 Å². The molecule has 0 fully saturated rings. The SMILES string of the molecule is COc1ccc(C(CC(=O)OC(C)C)NC(=O)CCc2ccc(F)cc2)cc1. The Hall–Kier alpha value is -2.89. The van der Waals surface area contributed by atoms with Gasteiger partial charge in [-0.05, 0) is 55.7 Å². The van der Waals surface area contributed by atoms with Crippen molar-refractivity contribution in [3.8, 4) is 5.75 Å². The van der Waals surface area contributed by atoms with Crippen LogP contribution in [0.1, 0.15) is 43.9 Å². The van der Waals surface area contributed by atoms with Gasteiger partial charge in [-0.25, -0.2) is 4.39 Å². The molecule has 0 aliphatic carbocycles. The van der Waals surface area contributed by atoms with Crippen LogP contribution in [0.3, 0.4) is 0 Å². The second kappa shape index (κ2) is 10.4. The lowest BCUT2D eigenvalue weighted by atomic mass is 10.0. The minimum Gasteiger partial charge on any atom is -0.497 e. The highest BCUT2D eigenvalue weighted by molar-refractivity contribution is 5.78. The van der Waals surface area contributed by atoms with Crippen molar-refractivity contribution in [1.29, 1.82) is 0 Å². The number of nitrogens with one attached hydrogen (secondary N) is 1. The van der Waals surface area contributed by atoms with Gasteiger partial charge >= 0.3 is 5.97 Å². The van der Waals surface area contributed by atoms with E-state index in [0.717, 1.165) is 11.1 Å². The van der Waals surface area contributed by atoms with Crippen LogP contribution in [0.4, 0.5) is 4.39 Å². The molecule has 5 nitrogen and oxygen atoms in total. The van der Waals surface area contributed by atoms with Crippen molar-refractivity contribution in [2.75, 3.05) is 7.11 Å². The molecule has 0 saturated carbocycles. The first-order valence-corrected chi connectivity index (χ1v) is 9.24. The fourth-order valence-electron chi connectivity index (χ4n) is 2.74. The van der Waals surface area contributed by atoms with Crippen LogP contribution in [0.5, 0.6) is 5.75 Å². The normalized spacial score (nSPS) is 11.8. The van der Waals surface area contributed by atoms with Gasteiger partial charge < -0.3 is 14.8 Å². The summed E-state index contributed by atoms with van der Waals surface area (Å²) in [5, 5.41) is 2.90. The molecule has 6 heteroatoms. The Bertz CT molecular complexity index is 772. The van der Waals surface area contributed by atoms with Crippen LogP contribution >= 0.6 is 0 Å². The molecule has 1 unspecified atom stereocenters. The zero-order valence-corrected chi connectivity index (χ0v) is 16.4. The monoisotopic (exact) mass is 387 g/mol. The zero-order chi connectivity index (χ0) is 20.5. The number of methoxy groups -OCH3 is 1. The average molecular weight is 387 g/mol. The third-order valence-corrected chi connectivity index (χ3v) is 4.15. The van der Waals surface area contributed by atoms with Gasteiger partial charge in [0.2, 0.25) is 5.91 Å². The van der Waals surface area contributed by atoms with Crippen molar-refractivity contribution in [2.45, 2.75) is 45.3 Å². The van der Waals surface area contributed by atoms with Crippen molar-refractivity contribution in [1.82, 2.24) is 5.32 Å². The number of benzene rings is 2. The van der Waals surface area contributed by atoms with Crippen LogP contribution < -0.4 is 10.1 Å². The molecular formula is C22H26FNO4. The summed E-state index contributed by atoms with van der Waals surface area (Å²) in [5.41, 5.74) is 1.66. The largest absolute Gasteiger partial charge is 0.497 e. The Kier molecular flexibility index (Phi) is 7.99. The molecule has 28 heavy (non-hydrogen) atoms. The molecule has 1 amide bonds. The van der Waals surface area contributed by atoms with Crippen LogP contribution in [0.25, 0.3) is 0 Å². The van der Waals surface area contributed by atoms with E-state index in [2.05, 4.69) is 5.32 Å². The molecule has 1 N–H and O–H groups in total. The first-order valence-electron chi connectivity index (χ1n) is 9.24. The van der Waals surface area contributed by atoms with Gasteiger partial charge in [0, 0.05) is 6.42 Å². The van der Waals surface area contributed by atoms with Gasteiger partial charge in [0.25, 0.3) is 0 Å². The van der Waals surface area contributed by atoms with E-state index in [1.165, 1.54) is 12.1 Å². The quantitative estimate of drug-likeness (QED) is 0.662. The molecule has 1 atom stereocenters. The van der Waals surface area contributed by atoms with Gasteiger partial charge in [-0.15, -0.1) is 0 Å². The molecule has 0 spiro atoms. The van der Waals surface area contributed by atoms with Crippen molar-refractivity contribution in [3.05, 3.63) is 65.5 Å². The number of amides is 1. The molecule has 2 aromatic rings. The van der Waals surface area contributed by atoms with Crippen LogP contribution in [-0.4, -0.2) is 25.1 Å². The maximum absolute atomic E-state index is 13.0. The van der Waals surface area contributed by atoms with E-state index in [4.69, 9.17) is 9.47 Å². The predicted octanol–water partition coefficient (Wildman–Crippen LogP) is 3.97. The van der Waals surface area contributed by atoms with Gasteiger partial charge in [0.15, 0.2) is 0 Å². The van der Waals surface area contributed by atoms with E-state index < -0.39 is 6.04 Å². The summed E-state index contributed by atoms with van der Waals surface area (Å²) in [6.45, 7) is 3.56. The molecule has 150 valence electrons. The predicted molar refractivity (Wildman–Crippen MR) is 104 cm³/mol. The van der Waals surface area contributed by atoms with E-state index in [1.54, 1.807) is 45.2 Å². The summed E-state index contributed by atoms with van der Waals surface area (Å²) in [5.74, 6) is -0.191. The highest BCUT2D eigenvalue weighted by atomic mass is 19.1. The minimum absolute atomic E-state index is 0.0345. The van der Waals surface area contributed by atoms with E-state index in [9.17, 15) is 14.0 Å². The molecule has 0 aliphatic heterocycles. The average Bonchev–Trinajstić information content (AvgIpc) is 2.66. The number of rotatable bonds is 9. The summed E-state index contributed by atoms with van der Waals surface area (Å²) in [6, 6.07) is 12.7. The third-order valence-electron chi connectivity index (χ3n) is 4.15. The number of hydrogen-bond donors (Lipinski definition) is 1. The van der Waals surface area contributed by atoms with Gasteiger partial charge in [0.1, 0.15) is 11.6 Å². The van der Waals surface area contributed by atoms with Crippen molar-refractivity contribution >= 4 is 11.9 Å². The van der Waals surface area contributed by atoms with E-state index in [1.807, 2.05) is 12.1 Å². The molecule has 0 aliphatic rings. The molecule has 0 bridgehead atoms. The standard InChI is InChI=1S/C22H26FNO4/c1-15(2)28-22(26)14-20(17-7-11-19(27-3)12-8-17)24-21(25)13-6-16-4-9-18(23)10-5-16/h4-5,7-12,15,20H,6,13-14H2,1-3H3,(H,24,25). The maximum atomic E-state index is 13.0. The summed E-state index contributed by atoms with van der Waals surface area (Å²) in [7, 11) is 1.57. The Labute approximate surface area is 164 Å². The van der Waals surface area contributed by atoms with Crippen molar-refractivity contribution in [2.24, 2.45) is 0 Å². The minimum atomic E-state index is -0.502. The fourth-order valence-corrected chi connectivity index (χ4v) is 2.74. The molecule has 0 radical (unpaired) electrons. The molecular weight excluding hydrogens is 361 g/mol. The number of halogens is 1. The second-order valence-electron chi connectivity index (χ2n) is 6.76. The van der Waals surface area contributed by atoms with Gasteiger partial charge in [0.05, 0.1) is 25.7 Å². The smallest absolute Gasteiger partial charge is 0.308 e. The summed E-state index contributed by atoms with van der Waals surface area (Å²) in [4.78, 5) is 24.6. The summed E-state index contributed by atoms with van der Waals surface area (Å²) >= 11 is 0. The molecule has 2 rings (SSSR count). The summed E-state index contributed by atoms with van der Waals surface area (Å²) < 4.78 is 23.4. The van der Waals surface area contributed by atoms with E-state index >= 15 is 0 Å². The second-order valence-corrected chi connectivity index (χ2v) is 6.76. The van der Waals surface area contributed by atoms with Crippen LogP contribution in [0.2, 0.25) is 0 Å². The maximum Gasteiger partial charge on any atom is 0.308 e. The number of esters is 1. The number of carbonyl (C=O) groups excluding carboxylic acids is 2. The highest BCUT2D eigenvalue weighted by Crippen LogP contribution is 2.21. The lowest BCUT2D eigenvalue weighted by Crippen LogP contribution is -2.31. The summed E-state index contributed by atoms with van der Waals surface area (Å²) in [6.07, 6.45) is 0.528. The Morgan fingerprint density at radius 1 is 1.04 bits per heavy atom. The number of ether oxygens (including phenoxy) is 2. The number of hydrogen-bond acceptors (Lipinski definition) is 4. The Morgan fingerprint density at radius 2 is 1.68 bits per heavy atom. The van der Waals surface area contributed by atoms with Crippen LogP contribution in [-0.2, 0) is 20.7 Å². The number of carbonyl (C=O) groups is 2. The lowest BCUT2D eigenvalue weighted by molar-refractivity contribution is -0.148. The molecule has 0 aromatic heterocycles. The highest BCUT2D eigenvalue weighted by Gasteiger charge is 2.20. The third kappa shape index (κ3) is 7.02.